The van der Waals surface area contributed by atoms with Gasteiger partial charge in [-0.15, -0.1) is 10.2 Å². The second kappa shape index (κ2) is 10.1. The topological polar surface area (TPSA) is 59.8 Å². The number of benzene rings is 1. The van der Waals surface area contributed by atoms with E-state index >= 15 is 0 Å². The Morgan fingerprint density at radius 1 is 1.18 bits per heavy atom. The van der Waals surface area contributed by atoms with Crippen LogP contribution in [0.25, 0.3) is 0 Å². The highest BCUT2D eigenvalue weighted by molar-refractivity contribution is 7.99. The summed E-state index contributed by atoms with van der Waals surface area (Å²) in [5.74, 6) is 2.62. The molecule has 1 N–H and O–H groups in total. The molecule has 1 heterocycles. The predicted molar refractivity (Wildman–Crippen MR) is 116 cm³/mol. The molecule has 5 nitrogen and oxygen atoms in total. The van der Waals surface area contributed by atoms with Crippen LogP contribution in [0.4, 0.5) is 5.69 Å². The van der Waals surface area contributed by atoms with Gasteiger partial charge >= 0.3 is 0 Å². The molecule has 1 fully saturated rings. The van der Waals surface area contributed by atoms with Crippen LogP contribution in [0.2, 0.25) is 0 Å². The third-order valence-electron chi connectivity index (χ3n) is 5.50. The number of carbonyl (C=O) groups excluding carboxylic acids is 1. The Morgan fingerprint density at radius 2 is 1.89 bits per heavy atom. The van der Waals surface area contributed by atoms with E-state index in [1.165, 1.54) is 49.4 Å². The van der Waals surface area contributed by atoms with Crippen LogP contribution in [0, 0.1) is 5.92 Å². The van der Waals surface area contributed by atoms with Crippen molar-refractivity contribution in [1.82, 2.24) is 14.8 Å². The van der Waals surface area contributed by atoms with E-state index in [1.54, 1.807) is 0 Å². The van der Waals surface area contributed by atoms with Gasteiger partial charge in [-0.1, -0.05) is 69.8 Å². The zero-order valence-corrected chi connectivity index (χ0v) is 18.1. The number of aromatic nitrogens is 3. The zero-order valence-electron chi connectivity index (χ0n) is 17.3. The third kappa shape index (κ3) is 5.60. The van der Waals surface area contributed by atoms with Gasteiger partial charge in [0.25, 0.3) is 0 Å². The molecule has 1 aliphatic rings. The predicted octanol–water partition coefficient (Wildman–Crippen LogP) is 5.28. The third-order valence-corrected chi connectivity index (χ3v) is 6.47. The Labute approximate surface area is 172 Å². The molecule has 1 amide bonds. The van der Waals surface area contributed by atoms with E-state index in [2.05, 4.69) is 53.0 Å². The van der Waals surface area contributed by atoms with Gasteiger partial charge in [-0.05, 0) is 36.5 Å². The van der Waals surface area contributed by atoms with Crippen LogP contribution in [0.15, 0.2) is 29.4 Å². The number of carbonyl (C=O) groups is 1. The molecule has 0 saturated heterocycles. The van der Waals surface area contributed by atoms with Crippen molar-refractivity contribution in [1.29, 1.82) is 0 Å². The summed E-state index contributed by atoms with van der Waals surface area (Å²) < 4.78 is 2.17. The summed E-state index contributed by atoms with van der Waals surface area (Å²) >= 11 is 1.47. The molecular formula is C22H32N4OS. The molecule has 0 radical (unpaired) electrons. The van der Waals surface area contributed by atoms with Crippen molar-refractivity contribution in [3.05, 3.63) is 35.7 Å². The molecule has 1 aromatic carbocycles. The van der Waals surface area contributed by atoms with Gasteiger partial charge in [0.05, 0.1) is 5.75 Å². The van der Waals surface area contributed by atoms with Gasteiger partial charge in [-0.2, -0.15) is 0 Å². The Kier molecular flexibility index (Phi) is 7.54. The second-order valence-corrected chi connectivity index (χ2v) is 8.91. The van der Waals surface area contributed by atoms with E-state index < -0.39 is 0 Å². The van der Waals surface area contributed by atoms with Crippen molar-refractivity contribution in [3.63, 3.8) is 0 Å². The first kappa shape index (κ1) is 20.9. The molecule has 1 aliphatic carbocycles. The van der Waals surface area contributed by atoms with Crippen LogP contribution in [0.5, 0.6) is 0 Å². The molecule has 3 rings (SSSR count). The fourth-order valence-electron chi connectivity index (χ4n) is 3.82. The molecule has 2 aromatic rings. The Balaban J connectivity index is 1.54. The highest BCUT2D eigenvalue weighted by atomic mass is 32.2. The highest BCUT2D eigenvalue weighted by Gasteiger charge is 2.19. The van der Waals surface area contributed by atoms with Gasteiger partial charge in [0, 0.05) is 18.7 Å². The number of hydrogen-bond acceptors (Lipinski definition) is 4. The summed E-state index contributed by atoms with van der Waals surface area (Å²) in [5.41, 5.74) is 2.11. The number of hydrogen-bond donors (Lipinski definition) is 1. The molecule has 1 aromatic heterocycles. The van der Waals surface area contributed by atoms with E-state index in [4.69, 9.17) is 0 Å². The minimum atomic E-state index is -0.0122. The lowest BCUT2D eigenvalue weighted by atomic mass is 9.87. The van der Waals surface area contributed by atoms with Crippen LogP contribution in [-0.4, -0.2) is 26.4 Å². The van der Waals surface area contributed by atoms with E-state index in [1.807, 2.05) is 12.1 Å². The van der Waals surface area contributed by atoms with E-state index in [9.17, 15) is 4.79 Å². The number of rotatable bonds is 8. The lowest BCUT2D eigenvalue weighted by molar-refractivity contribution is -0.113. The van der Waals surface area contributed by atoms with Gasteiger partial charge in [0.1, 0.15) is 5.82 Å². The van der Waals surface area contributed by atoms with Gasteiger partial charge in [-0.3, -0.25) is 4.79 Å². The summed E-state index contributed by atoms with van der Waals surface area (Å²) in [6, 6.07) is 8.07. The Bertz CT molecular complexity index is 763. The molecular weight excluding hydrogens is 368 g/mol. The van der Waals surface area contributed by atoms with E-state index in [-0.39, 0.29) is 5.91 Å². The first-order valence-electron chi connectivity index (χ1n) is 10.5. The van der Waals surface area contributed by atoms with Gasteiger partial charge in [0.15, 0.2) is 5.16 Å². The van der Waals surface area contributed by atoms with Crippen LogP contribution < -0.4 is 5.32 Å². The molecule has 0 unspecified atom stereocenters. The zero-order chi connectivity index (χ0) is 19.9. The number of nitrogens with zero attached hydrogens (tertiary/aromatic N) is 3. The van der Waals surface area contributed by atoms with Gasteiger partial charge < -0.3 is 9.88 Å². The van der Waals surface area contributed by atoms with Crippen LogP contribution in [-0.2, 0) is 17.8 Å². The molecule has 0 bridgehead atoms. The van der Waals surface area contributed by atoms with Crippen molar-refractivity contribution in [2.75, 3.05) is 11.1 Å². The van der Waals surface area contributed by atoms with Crippen molar-refractivity contribution in [2.24, 2.45) is 5.92 Å². The summed E-state index contributed by atoms with van der Waals surface area (Å²) in [6.07, 6.45) is 7.66. The first-order chi connectivity index (χ1) is 13.6. The summed E-state index contributed by atoms with van der Waals surface area (Å²) in [7, 11) is 0. The lowest BCUT2D eigenvalue weighted by Gasteiger charge is -2.21. The molecule has 0 aliphatic heterocycles. The molecule has 0 atom stereocenters. The quantitative estimate of drug-likeness (QED) is 0.613. The standard InChI is InChI=1S/C22H32N4OS/c1-4-26-20(14-17-8-6-5-7-9-17)24-25-22(26)28-15-21(27)23-19-12-10-18(11-13-19)16(2)3/h10-13,16-17H,4-9,14-15H2,1-3H3,(H,23,27). The minimum Gasteiger partial charge on any atom is -0.325 e. The number of amides is 1. The minimum absolute atomic E-state index is 0.0122. The maximum absolute atomic E-state index is 12.3. The van der Waals surface area contributed by atoms with Crippen LogP contribution >= 0.6 is 11.8 Å². The van der Waals surface area contributed by atoms with Crippen molar-refractivity contribution in [2.45, 2.75) is 76.9 Å². The molecule has 0 spiro atoms. The second-order valence-electron chi connectivity index (χ2n) is 7.96. The molecule has 28 heavy (non-hydrogen) atoms. The molecule has 152 valence electrons. The van der Waals surface area contributed by atoms with E-state index in [0.29, 0.717) is 11.7 Å². The van der Waals surface area contributed by atoms with Crippen LogP contribution in [0.1, 0.15) is 70.2 Å². The largest absolute Gasteiger partial charge is 0.325 e. The van der Waals surface area contributed by atoms with Crippen molar-refractivity contribution < 1.29 is 4.79 Å². The normalized spacial score (nSPS) is 15.1. The fraction of sp³-hybridized carbons (Fsp3) is 0.591. The maximum atomic E-state index is 12.3. The van der Waals surface area contributed by atoms with E-state index in [0.717, 1.165) is 35.6 Å². The highest BCUT2D eigenvalue weighted by Crippen LogP contribution is 2.27. The average Bonchev–Trinajstić information content (AvgIpc) is 3.09. The summed E-state index contributed by atoms with van der Waals surface area (Å²) in [6.45, 7) is 7.29. The number of anilines is 1. The monoisotopic (exact) mass is 400 g/mol. The SMILES string of the molecule is CCn1c(CC2CCCCC2)nnc1SCC(=O)Nc1ccc(C(C)C)cc1. The lowest BCUT2D eigenvalue weighted by Crippen LogP contribution is -2.15. The van der Waals surface area contributed by atoms with Crippen LogP contribution in [0.3, 0.4) is 0 Å². The van der Waals surface area contributed by atoms with Crippen molar-refractivity contribution >= 4 is 23.4 Å². The number of nitrogens with one attached hydrogen (secondary N) is 1. The Morgan fingerprint density at radius 3 is 2.54 bits per heavy atom. The molecule has 1 saturated carbocycles. The smallest absolute Gasteiger partial charge is 0.234 e. The summed E-state index contributed by atoms with van der Waals surface area (Å²) in [5, 5.41) is 12.6. The average molecular weight is 401 g/mol. The summed E-state index contributed by atoms with van der Waals surface area (Å²) in [4.78, 5) is 12.3. The fourth-order valence-corrected chi connectivity index (χ4v) is 4.64. The molecule has 6 heteroatoms. The van der Waals surface area contributed by atoms with Gasteiger partial charge in [-0.25, -0.2) is 0 Å². The Hall–Kier alpha value is -1.82. The maximum Gasteiger partial charge on any atom is 0.234 e. The first-order valence-corrected chi connectivity index (χ1v) is 11.5. The van der Waals surface area contributed by atoms with Crippen molar-refractivity contribution in [3.8, 4) is 0 Å². The van der Waals surface area contributed by atoms with Gasteiger partial charge in [0.2, 0.25) is 5.91 Å². The number of thioether (sulfide) groups is 1.